The van der Waals surface area contributed by atoms with Gasteiger partial charge in [-0.2, -0.15) is 0 Å². The Morgan fingerprint density at radius 2 is 1.65 bits per heavy atom. The highest BCUT2D eigenvalue weighted by Crippen LogP contribution is 2.24. The van der Waals surface area contributed by atoms with E-state index in [-0.39, 0.29) is 11.8 Å². The van der Waals surface area contributed by atoms with Gasteiger partial charge in [-0.1, -0.05) is 12.1 Å². The Balaban J connectivity index is 1.40. The van der Waals surface area contributed by atoms with Crippen molar-refractivity contribution in [1.29, 1.82) is 0 Å². The fourth-order valence-corrected chi connectivity index (χ4v) is 3.85. The molecular formula is C17H22N4O2. The summed E-state index contributed by atoms with van der Waals surface area (Å²) >= 11 is 0. The van der Waals surface area contributed by atoms with E-state index < -0.39 is 0 Å². The maximum Gasteiger partial charge on any atom is 0.262 e. The summed E-state index contributed by atoms with van der Waals surface area (Å²) in [5, 5.41) is 3.38. The van der Waals surface area contributed by atoms with Gasteiger partial charge in [0, 0.05) is 45.3 Å². The van der Waals surface area contributed by atoms with Gasteiger partial charge in [0.15, 0.2) is 0 Å². The van der Waals surface area contributed by atoms with Gasteiger partial charge in [-0.05, 0) is 18.6 Å². The minimum atomic E-state index is -0.156. The predicted molar refractivity (Wildman–Crippen MR) is 86.2 cm³/mol. The van der Waals surface area contributed by atoms with Gasteiger partial charge in [0.25, 0.3) is 11.8 Å². The minimum absolute atomic E-state index is 0.156. The number of likely N-dealkylation sites (tertiary alicyclic amines) is 1. The van der Waals surface area contributed by atoms with E-state index in [9.17, 15) is 9.59 Å². The number of hydrogen-bond donors (Lipinski definition) is 1. The maximum atomic E-state index is 12.4. The number of amides is 2. The van der Waals surface area contributed by atoms with Gasteiger partial charge in [0.05, 0.1) is 17.8 Å². The predicted octanol–water partition coefficient (Wildman–Crippen LogP) is 0.220. The molecule has 0 saturated carbocycles. The quantitative estimate of drug-likeness (QED) is 0.809. The lowest BCUT2D eigenvalue weighted by Gasteiger charge is -2.33. The van der Waals surface area contributed by atoms with Crippen LogP contribution >= 0.6 is 0 Å². The number of benzene rings is 1. The van der Waals surface area contributed by atoms with Gasteiger partial charge >= 0.3 is 0 Å². The van der Waals surface area contributed by atoms with Crippen LogP contribution < -0.4 is 5.32 Å². The van der Waals surface area contributed by atoms with Gasteiger partial charge in [-0.3, -0.25) is 24.3 Å². The summed E-state index contributed by atoms with van der Waals surface area (Å²) in [5.41, 5.74) is 1.07. The molecule has 1 aromatic carbocycles. The number of imide groups is 1. The van der Waals surface area contributed by atoms with Gasteiger partial charge in [0.2, 0.25) is 0 Å². The summed E-state index contributed by atoms with van der Waals surface area (Å²) in [6, 6.07) is 7.65. The monoisotopic (exact) mass is 314 g/mol. The first-order valence-electron chi connectivity index (χ1n) is 8.36. The molecule has 1 N–H and O–H groups in total. The van der Waals surface area contributed by atoms with Crippen molar-refractivity contribution in [1.82, 2.24) is 20.0 Å². The Hall–Kier alpha value is -1.76. The number of hydrogen-bond acceptors (Lipinski definition) is 5. The van der Waals surface area contributed by atoms with Crippen LogP contribution in [0, 0.1) is 0 Å². The van der Waals surface area contributed by atoms with Crippen molar-refractivity contribution >= 4 is 11.8 Å². The van der Waals surface area contributed by atoms with Crippen molar-refractivity contribution in [3.63, 3.8) is 0 Å². The molecule has 2 saturated heterocycles. The third-order valence-corrected chi connectivity index (χ3v) is 5.14. The van der Waals surface area contributed by atoms with Crippen LogP contribution in [0.2, 0.25) is 0 Å². The molecule has 6 heteroatoms. The van der Waals surface area contributed by atoms with Gasteiger partial charge in [-0.25, -0.2) is 0 Å². The molecule has 3 aliphatic rings. The standard InChI is InChI=1S/C17H22N4O2/c22-16-14-3-1-2-4-15(14)17(23)21(16)12-19-8-5-13(11-19)20-9-6-18-7-10-20/h1-4,13,18H,5-12H2. The molecule has 1 atom stereocenters. The first-order chi connectivity index (χ1) is 11.2. The molecule has 23 heavy (non-hydrogen) atoms. The molecule has 0 aromatic heterocycles. The highest BCUT2D eigenvalue weighted by molar-refractivity contribution is 6.21. The number of rotatable bonds is 3. The molecular weight excluding hydrogens is 292 g/mol. The number of nitrogens with one attached hydrogen (secondary N) is 1. The Labute approximate surface area is 136 Å². The van der Waals surface area contributed by atoms with Crippen LogP contribution in [0.3, 0.4) is 0 Å². The lowest BCUT2D eigenvalue weighted by Crippen LogP contribution is -2.49. The lowest BCUT2D eigenvalue weighted by atomic mass is 10.1. The van der Waals surface area contributed by atoms with Crippen LogP contribution in [0.15, 0.2) is 24.3 Å². The molecule has 6 nitrogen and oxygen atoms in total. The summed E-state index contributed by atoms with van der Waals surface area (Å²) in [5.74, 6) is -0.313. The number of piperazine rings is 1. The second kappa shape index (κ2) is 6.03. The first-order valence-corrected chi connectivity index (χ1v) is 8.36. The Morgan fingerprint density at radius 3 is 2.30 bits per heavy atom. The Kier molecular flexibility index (Phi) is 3.88. The molecule has 3 aliphatic heterocycles. The third kappa shape index (κ3) is 2.67. The van der Waals surface area contributed by atoms with Crippen LogP contribution in [0.1, 0.15) is 27.1 Å². The van der Waals surface area contributed by atoms with Crippen LogP contribution in [-0.4, -0.2) is 78.5 Å². The zero-order valence-corrected chi connectivity index (χ0v) is 13.2. The van der Waals surface area contributed by atoms with Crippen LogP contribution in [-0.2, 0) is 0 Å². The number of carbonyl (C=O) groups is 2. The van der Waals surface area contributed by atoms with E-state index in [1.54, 1.807) is 12.1 Å². The van der Waals surface area contributed by atoms with Crippen molar-refractivity contribution in [2.45, 2.75) is 12.5 Å². The fourth-order valence-electron chi connectivity index (χ4n) is 3.85. The first kappa shape index (κ1) is 14.8. The Bertz CT molecular complexity index is 592. The average molecular weight is 314 g/mol. The lowest BCUT2D eigenvalue weighted by molar-refractivity contribution is 0.0554. The molecule has 122 valence electrons. The van der Waals surface area contributed by atoms with E-state index >= 15 is 0 Å². The molecule has 2 fully saturated rings. The Morgan fingerprint density at radius 1 is 1.00 bits per heavy atom. The van der Waals surface area contributed by atoms with Crippen LogP contribution in [0.25, 0.3) is 0 Å². The van der Waals surface area contributed by atoms with Crippen LogP contribution in [0.5, 0.6) is 0 Å². The highest BCUT2D eigenvalue weighted by Gasteiger charge is 2.38. The molecule has 0 bridgehead atoms. The van der Waals surface area contributed by atoms with E-state index in [1.165, 1.54) is 4.90 Å². The minimum Gasteiger partial charge on any atom is -0.314 e. The van der Waals surface area contributed by atoms with Gasteiger partial charge < -0.3 is 5.32 Å². The third-order valence-electron chi connectivity index (χ3n) is 5.14. The van der Waals surface area contributed by atoms with Crippen molar-refractivity contribution in [3.8, 4) is 0 Å². The van der Waals surface area contributed by atoms with E-state index in [1.807, 2.05) is 12.1 Å². The maximum absolute atomic E-state index is 12.4. The second-order valence-corrected chi connectivity index (χ2v) is 6.53. The summed E-state index contributed by atoms with van der Waals surface area (Å²) < 4.78 is 0. The zero-order valence-electron chi connectivity index (χ0n) is 13.2. The molecule has 2 amide bonds. The molecule has 0 spiro atoms. The number of nitrogens with zero attached hydrogens (tertiary/aromatic N) is 3. The largest absolute Gasteiger partial charge is 0.314 e. The highest BCUT2D eigenvalue weighted by atomic mass is 16.2. The van der Waals surface area contributed by atoms with Crippen LogP contribution in [0.4, 0.5) is 0 Å². The summed E-state index contributed by atoms with van der Waals surface area (Å²) in [6.45, 7) is 6.57. The summed E-state index contributed by atoms with van der Waals surface area (Å²) in [6.07, 6.45) is 1.11. The summed E-state index contributed by atoms with van der Waals surface area (Å²) in [7, 11) is 0. The second-order valence-electron chi connectivity index (χ2n) is 6.53. The fraction of sp³-hybridized carbons (Fsp3) is 0.529. The van der Waals surface area contributed by atoms with E-state index in [0.717, 1.165) is 45.7 Å². The molecule has 0 aliphatic carbocycles. The smallest absolute Gasteiger partial charge is 0.262 e. The normalized spacial score (nSPS) is 26.1. The van der Waals surface area contributed by atoms with Crippen molar-refractivity contribution in [3.05, 3.63) is 35.4 Å². The average Bonchev–Trinajstić information content (AvgIpc) is 3.16. The molecule has 4 rings (SSSR count). The number of carbonyl (C=O) groups excluding carboxylic acids is 2. The van der Waals surface area contributed by atoms with E-state index in [2.05, 4.69) is 15.1 Å². The molecule has 1 aromatic rings. The number of fused-ring (bicyclic) bond motifs is 1. The van der Waals surface area contributed by atoms with Crippen molar-refractivity contribution < 1.29 is 9.59 Å². The van der Waals surface area contributed by atoms with E-state index in [0.29, 0.717) is 23.8 Å². The SMILES string of the molecule is O=C1c2ccccc2C(=O)N1CN1CCC(N2CCNCC2)C1. The van der Waals surface area contributed by atoms with Gasteiger partial charge in [0.1, 0.15) is 0 Å². The molecule has 3 heterocycles. The van der Waals surface area contributed by atoms with Crippen molar-refractivity contribution in [2.75, 3.05) is 45.9 Å². The molecule has 0 radical (unpaired) electrons. The summed E-state index contributed by atoms with van der Waals surface area (Å²) in [4.78, 5) is 31.0. The van der Waals surface area contributed by atoms with E-state index in [4.69, 9.17) is 0 Å². The topological polar surface area (TPSA) is 55.9 Å². The molecule has 1 unspecified atom stereocenters. The van der Waals surface area contributed by atoms with Crippen molar-refractivity contribution in [2.24, 2.45) is 0 Å². The zero-order chi connectivity index (χ0) is 15.8. The van der Waals surface area contributed by atoms with Gasteiger partial charge in [-0.15, -0.1) is 0 Å².